The summed E-state index contributed by atoms with van der Waals surface area (Å²) in [4.78, 5) is 24.8. The van der Waals surface area contributed by atoms with Crippen molar-refractivity contribution in [2.24, 2.45) is 0 Å². The lowest BCUT2D eigenvalue weighted by Gasteiger charge is -2.22. The summed E-state index contributed by atoms with van der Waals surface area (Å²) in [5.41, 5.74) is 1.71. The van der Waals surface area contributed by atoms with Gasteiger partial charge in [-0.2, -0.15) is 0 Å². The van der Waals surface area contributed by atoms with E-state index in [-0.39, 0.29) is 23.0 Å². The summed E-state index contributed by atoms with van der Waals surface area (Å²) in [6.45, 7) is 0. The molecule has 0 saturated heterocycles. The average molecular weight is 460 g/mol. The molecule has 0 radical (unpaired) electrons. The molecule has 0 atom stereocenters. The molecule has 5 nitrogen and oxygen atoms in total. The van der Waals surface area contributed by atoms with Gasteiger partial charge in [0.1, 0.15) is 0 Å². The molecule has 3 rings (SSSR count). The first-order valence-electron chi connectivity index (χ1n) is 9.31. The number of anilines is 1. The van der Waals surface area contributed by atoms with Gasteiger partial charge in [-0.25, -0.2) is 0 Å². The molecule has 0 aromatic heterocycles. The minimum atomic E-state index is -0.309. The molecular weight excluding hydrogens is 438 g/mol. The molecule has 0 unspecified atom stereocenters. The second-order valence-corrected chi connectivity index (χ2v) is 8.04. The quantitative estimate of drug-likeness (QED) is 0.582. The van der Waals surface area contributed by atoms with E-state index < -0.39 is 0 Å². The Kier molecular flexibility index (Phi) is 7.17. The van der Waals surface area contributed by atoms with E-state index in [0.29, 0.717) is 21.3 Å². The average Bonchev–Trinajstić information content (AvgIpc) is 2.69. The monoisotopic (exact) mass is 459 g/mol. The Labute approximate surface area is 178 Å². The van der Waals surface area contributed by atoms with Crippen LogP contribution >= 0.6 is 28.1 Å². The van der Waals surface area contributed by atoms with Gasteiger partial charge in [-0.1, -0.05) is 37.5 Å². The van der Waals surface area contributed by atoms with Gasteiger partial charge < -0.3 is 10.6 Å². The molecule has 2 amide bonds. The number of benzene rings is 2. The standard InChI is InChI=1S/C21H22BrN3O2S/c22-18-12-5-4-11-17(18)20(27)25-21(28)24-16-10-6-7-14(13-16)19(26)23-15-8-2-1-3-9-15/h4-7,10-13,15H,1-3,8-9H2,(H,23,26)(H2,24,25,27,28). The minimum Gasteiger partial charge on any atom is -0.349 e. The summed E-state index contributed by atoms with van der Waals surface area (Å²) < 4.78 is 0.691. The maximum Gasteiger partial charge on any atom is 0.258 e. The van der Waals surface area contributed by atoms with Crippen LogP contribution < -0.4 is 16.0 Å². The van der Waals surface area contributed by atoms with Gasteiger partial charge in [-0.15, -0.1) is 0 Å². The highest BCUT2D eigenvalue weighted by atomic mass is 79.9. The predicted octanol–water partition coefficient (Wildman–Crippen LogP) is 4.64. The topological polar surface area (TPSA) is 70.2 Å². The molecule has 0 bridgehead atoms. The number of thiocarbonyl (C=S) groups is 1. The fraction of sp³-hybridized carbons (Fsp3) is 0.286. The van der Waals surface area contributed by atoms with Crippen LogP contribution in [-0.4, -0.2) is 23.0 Å². The summed E-state index contributed by atoms with van der Waals surface area (Å²) in [7, 11) is 0. The molecule has 1 saturated carbocycles. The van der Waals surface area contributed by atoms with Crippen molar-refractivity contribution in [1.29, 1.82) is 0 Å². The van der Waals surface area contributed by atoms with Gasteiger partial charge in [0.2, 0.25) is 0 Å². The SMILES string of the molecule is O=C(NC1CCCCC1)c1cccc(NC(=S)NC(=O)c2ccccc2Br)c1. The highest BCUT2D eigenvalue weighted by molar-refractivity contribution is 9.10. The van der Waals surface area contributed by atoms with Crippen LogP contribution in [0.5, 0.6) is 0 Å². The smallest absolute Gasteiger partial charge is 0.258 e. The molecule has 2 aromatic carbocycles. The van der Waals surface area contributed by atoms with Gasteiger partial charge in [-0.05, 0) is 71.3 Å². The normalized spacial score (nSPS) is 14.2. The van der Waals surface area contributed by atoms with E-state index in [0.717, 1.165) is 25.7 Å². The Morgan fingerprint density at radius 1 is 0.964 bits per heavy atom. The van der Waals surface area contributed by atoms with Crippen LogP contribution in [0, 0.1) is 0 Å². The summed E-state index contributed by atoms with van der Waals surface area (Å²) in [6, 6.07) is 14.5. The molecule has 3 N–H and O–H groups in total. The fourth-order valence-electron chi connectivity index (χ4n) is 3.23. The minimum absolute atomic E-state index is 0.0845. The van der Waals surface area contributed by atoms with Crippen molar-refractivity contribution in [2.75, 3.05) is 5.32 Å². The highest BCUT2D eigenvalue weighted by Crippen LogP contribution is 2.19. The van der Waals surface area contributed by atoms with Gasteiger partial charge in [0.15, 0.2) is 5.11 Å². The number of carbonyl (C=O) groups is 2. The highest BCUT2D eigenvalue weighted by Gasteiger charge is 2.17. The number of halogens is 1. The third-order valence-corrected chi connectivity index (χ3v) is 5.56. The lowest BCUT2D eigenvalue weighted by molar-refractivity contribution is 0.0926. The zero-order chi connectivity index (χ0) is 19.9. The molecule has 2 aromatic rings. The summed E-state index contributed by atoms with van der Waals surface area (Å²) in [5, 5.41) is 8.89. The molecule has 0 aliphatic heterocycles. The fourth-order valence-corrected chi connectivity index (χ4v) is 3.91. The molecular formula is C21H22BrN3O2S. The van der Waals surface area contributed by atoms with Crippen molar-refractivity contribution in [2.45, 2.75) is 38.1 Å². The van der Waals surface area contributed by atoms with E-state index in [1.165, 1.54) is 6.42 Å². The number of hydrogen-bond donors (Lipinski definition) is 3. The van der Waals surface area contributed by atoms with E-state index in [1.54, 1.807) is 42.5 Å². The zero-order valence-electron chi connectivity index (χ0n) is 15.3. The van der Waals surface area contributed by atoms with Gasteiger partial charge in [-0.3, -0.25) is 14.9 Å². The maximum atomic E-state index is 12.5. The second-order valence-electron chi connectivity index (χ2n) is 6.78. The molecule has 146 valence electrons. The van der Waals surface area contributed by atoms with E-state index in [2.05, 4.69) is 31.9 Å². The van der Waals surface area contributed by atoms with Crippen LogP contribution in [0.2, 0.25) is 0 Å². The Morgan fingerprint density at radius 2 is 1.71 bits per heavy atom. The number of nitrogens with one attached hydrogen (secondary N) is 3. The second kappa shape index (κ2) is 9.80. The lowest BCUT2D eigenvalue weighted by atomic mass is 9.95. The van der Waals surface area contributed by atoms with Gasteiger partial charge in [0, 0.05) is 21.8 Å². The Balaban J connectivity index is 1.59. The largest absolute Gasteiger partial charge is 0.349 e. The van der Waals surface area contributed by atoms with E-state index in [1.807, 2.05) is 6.07 Å². The number of hydrogen-bond acceptors (Lipinski definition) is 3. The number of rotatable bonds is 4. The van der Waals surface area contributed by atoms with Crippen molar-refractivity contribution >= 4 is 50.8 Å². The first-order chi connectivity index (χ1) is 13.5. The van der Waals surface area contributed by atoms with Crippen LogP contribution in [0.1, 0.15) is 52.8 Å². The van der Waals surface area contributed by atoms with Crippen molar-refractivity contribution in [3.05, 3.63) is 64.1 Å². The molecule has 28 heavy (non-hydrogen) atoms. The molecule has 0 heterocycles. The third-order valence-electron chi connectivity index (χ3n) is 4.67. The number of carbonyl (C=O) groups excluding carboxylic acids is 2. The zero-order valence-corrected chi connectivity index (χ0v) is 17.7. The van der Waals surface area contributed by atoms with Crippen molar-refractivity contribution in [3.8, 4) is 0 Å². The van der Waals surface area contributed by atoms with Gasteiger partial charge >= 0.3 is 0 Å². The first-order valence-corrected chi connectivity index (χ1v) is 10.5. The summed E-state index contributed by atoms with van der Waals surface area (Å²) >= 11 is 8.59. The number of amides is 2. The molecule has 1 aliphatic rings. The van der Waals surface area contributed by atoms with Crippen LogP contribution in [0.3, 0.4) is 0 Å². The van der Waals surface area contributed by atoms with Crippen molar-refractivity contribution in [3.63, 3.8) is 0 Å². The van der Waals surface area contributed by atoms with Crippen LogP contribution in [0.4, 0.5) is 5.69 Å². The molecule has 0 spiro atoms. The Hall–Kier alpha value is -2.25. The van der Waals surface area contributed by atoms with Crippen LogP contribution in [0.25, 0.3) is 0 Å². The Bertz CT molecular complexity index is 881. The lowest BCUT2D eigenvalue weighted by Crippen LogP contribution is -2.36. The van der Waals surface area contributed by atoms with E-state index >= 15 is 0 Å². The maximum absolute atomic E-state index is 12.5. The van der Waals surface area contributed by atoms with Gasteiger partial charge in [0.05, 0.1) is 5.56 Å². The third kappa shape index (κ3) is 5.62. The van der Waals surface area contributed by atoms with Gasteiger partial charge in [0.25, 0.3) is 11.8 Å². The molecule has 1 fully saturated rings. The van der Waals surface area contributed by atoms with E-state index in [9.17, 15) is 9.59 Å². The van der Waals surface area contributed by atoms with Crippen molar-refractivity contribution in [1.82, 2.24) is 10.6 Å². The van der Waals surface area contributed by atoms with Crippen LogP contribution in [0.15, 0.2) is 53.0 Å². The Morgan fingerprint density at radius 3 is 2.46 bits per heavy atom. The van der Waals surface area contributed by atoms with Crippen molar-refractivity contribution < 1.29 is 9.59 Å². The predicted molar refractivity (Wildman–Crippen MR) is 119 cm³/mol. The molecule has 7 heteroatoms. The molecule has 1 aliphatic carbocycles. The first kappa shape index (κ1) is 20.5. The van der Waals surface area contributed by atoms with E-state index in [4.69, 9.17) is 12.2 Å². The summed E-state index contributed by atoms with van der Waals surface area (Å²) in [6.07, 6.45) is 5.65. The van der Waals surface area contributed by atoms with Crippen LogP contribution in [-0.2, 0) is 0 Å². The summed E-state index contributed by atoms with van der Waals surface area (Å²) in [5.74, 6) is -0.394.